The molecular formula is C12H16N2O3S. The van der Waals surface area contributed by atoms with E-state index in [2.05, 4.69) is 4.72 Å². The lowest BCUT2D eigenvalue weighted by atomic mass is 10.2. The summed E-state index contributed by atoms with van der Waals surface area (Å²) in [4.78, 5) is 0.00894. The van der Waals surface area contributed by atoms with Crippen LogP contribution in [-0.2, 0) is 10.0 Å². The molecule has 0 aliphatic rings. The van der Waals surface area contributed by atoms with Gasteiger partial charge in [-0.3, -0.25) is 0 Å². The van der Waals surface area contributed by atoms with Gasteiger partial charge in [-0.15, -0.1) is 0 Å². The van der Waals surface area contributed by atoms with E-state index < -0.39 is 10.0 Å². The van der Waals surface area contributed by atoms with Crippen molar-refractivity contribution in [1.29, 1.82) is 5.26 Å². The number of hydrogen-bond acceptors (Lipinski definition) is 4. The molecular weight excluding hydrogens is 252 g/mol. The van der Waals surface area contributed by atoms with E-state index in [9.17, 15) is 8.42 Å². The lowest BCUT2D eigenvalue weighted by Crippen LogP contribution is -2.25. The van der Waals surface area contributed by atoms with Gasteiger partial charge in [0.25, 0.3) is 0 Å². The van der Waals surface area contributed by atoms with Gasteiger partial charge in [0.2, 0.25) is 10.0 Å². The van der Waals surface area contributed by atoms with Crippen LogP contribution < -0.4 is 4.72 Å². The van der Waals surface area contributed by atoms with E-state index in [4.69, 9.17) is 10.4 Å². The third kappa shape index (κ3) is 4.11. The fraction of sp³-hybridized carbons (Fsp3) is 0.417. The van der Waals surface area contributed by atoms with Crippen molar-refractivity contribution in [3.63, 3.8) is 0 Å². The molecule has 98 valence electrons. The summed E-state index contributed by atoms with van der Waals surface area (Å²) in [5, 5.41) is 17.5. The van der Waals surface area contributed by atoms with Crippen LogP contribution in [-0.4, -0.2) is 26.7 Å². The van der Waals surface area contributed by atoms with Crippen LogP contribution in [0.5, 0.6) is 0 Å². The van der Waals surface area contributed by atoms with Crippen LogP contribution in [0.1, 0.15) is 24.8 Å². The maximum absolute atomic E-state index is 11.9. The summed E-state index contributed by atoms with van der Waals surface area (Å²) in [5.74, 6) is 0. The quantitative estimate of drug-likeness (QED) is 0.722. The van der Waals surface area contributed by atoms with Gasteiger partial charge in [-0.1, -0.05) is 12.1 Å². The molecule has 0 spiro atoms. The Morgan fingerprint density at radius 2 is 1.94 bits per heavy atom. The van der Waals surface area contributed by atoms with Crippen LogP contribution in [0.25, 0.3) is 0 Å². The summed E-state index contributed by atoms with van der Waals surface area (Å²) in [7, 11) is -3.63. The highest BCUT2D eigenvalue weighted by Gasteiger charge is 2.16. The third-order valence-corrected chi connectivity index (χ3v) is 3.94. The van der Waals surface area contributed by atoms with Crippen molar-refractivity contribution >= 4 is 10.0 Å². The highest BCUT2D eigenvalue weighted by molar-refractivity contribution is 7.89. The normalized spacial score (nSPS) is 11.1. The minimum absolute atomic E-state index is 0.00894. The standard InChI is InChI=1S/C12H16N2O3S/c13-10-11-6-2-3-7-12(11)18(16,17)14-8-4-1-5-9-15/h2-3,6-7,14-15H,1,4-5,8-9H2. The van der Waals surface area contributed by atoms with E-state index >= 15 is 0 Å². The van der Waals surface area contributed by atoms with E-state index in [1.54, 1.807) is 12.1 Å². The van der Waals surface area contributed by atoms with Crippen LogP contribution >= 0.6 is 0 Å². The van der Waals surface area contributed by atoms with Gasteiger partial charge in [-0.2, -0.15) is 5.26 Å². The number of unbranched alkanes of at least 4 members (excludes halogenated alkanes) is 2. The molecule has 0 bridgehead atoms. The number of nitrogens with zero attached hydrogens (tertiary/aromatic N) is 1. The van der Waals surface area contributed by atoms with E-state index in [0.717, 1.165) is 6.42 Å². The largest absolute Gasteiger partial charge is 0.396 e. The molecule has 0 aromatic heterocycles. The smallest absolute Gasteiger partial charge is 0.241 e. The molecule has 0 amide bonds. The number of hydrogen-bond donors (Lipinski definition) is 2. The molecule has 0 aliphatic heterocycles. The Bertz CT molecular complexity index is 520. The van der Waals surface area contributed by atoms with Gasteiger partial charge in [-0.05, 0) is 31.4 Å². The Kier molecular flexibility index (Phi) is 5.78. The second kappa shape index (κ2) is 7.11. The van der Waals surface area contributed by atoms with Gasteiger partial charge >= 0.3 is 0 Å². The average Bonchev–Trinajstić information content (AvgIpc) is 2.38. The maximum atomic E-state index is 11.9. The molecule has 1 aromatic rings. The monoisotopic (exact) mass is 268 g/mol. The first-order valence-corrected chi connectivity index (χ1v) is 7.20. The molecule has 0 heterocycles. The van der Waals surface area contributed by atoms with Crippen molar-refractivity contribution < 1.29 is 13.5 Å². The van der Waals surface area contributed by atoms with E-state index in [0.29, 0.717) is 19.4 Å². The molecule has 1 aromatic carbocycles. The number of nitrogens with one attached hydrogen (secondary N) is 1. The van der Waals surface area contributed by atoms with Crippen LogP contribution in [0.3, 0.4) is 0 Å². The third-order valence-electron chi connectivity index (χ3n) is 2.42. The van der Waals surface area contributed by atoms with Crippen LogP contribution in [0.15, 0.2) is 29.2 Å². The number of rotatable bonds is 7. The number of sulfonamides is 1. The predicted octanol–water partition coefficient (Wildman–Crippen LogP) is 0.999. The molecule has 0 saturated heterocycles. The molecule has 18 heavy (non-hydrogen) atoms. The zero-order chi connectivity index (χ0) is 13.4. The Morgan fingerprint density at radius 3 is 2.61 bits per heavy atom. The Balaban J connectivity index is 2.67. The number of benzene rings is 1. The van der Waals surface area contributed by atoms with Gasteiger partial charge < -0.3 is 5.11 Å². The molecule has 5 nitrogen and oxygen atoms in total. The average molecular weight is 268 g/mol. The predicted molar refractivity (Wildman–Crippen MR) is 67.3 cm³/mol. The zero-order valence-corrected chi connectivity index (χ0v) is 10.8. The van der Waals surface area contributed by atoms with E-state index in [-0.39, 0.29) is 17.1 Å². The molecule has 0 fully saturated rings. The summed E-state index contributed by atoms with van der Waals surface area (Å²) >= 11 is 0. The molecule has 2 N–H and O–H groups in total. The van der Waals surface area contributed by atoms with Gasteiger partial charge in [0.15, 0.2) is 0 Å². The maximum Gasteiger partial charge on any atom is 0.241 e. The molecule has 1 rings (SSSR count). The van der Waals surface area contributed by atoms with Crippen LogP contribution in [0.2, 0.25) is 0 Å². The minimum Gasteiger partial charge on any atom is -0.396 e. The highest BCUT2D eigenvalue weighted by atomic mass is 32.2. The summed E-state index contributed by atoms with van der Waals surface area (Å²) in [6.07, 6.45) is 2.09. The summed E-state index contributed by atoms with van der Waals surface area (Å²) < 4.78 is 26.3. The van der Waals surface area contributed by atoms with Gasteiger partial charge in [0.1, 0.15) is 6.07 Å². The first-order chi connectivity index (χ1) is 8.61. The molecule has 0 saturated carbocycles. The van der Waals surface area contributed by atoms with Crippen molar-refractivity contribution in [2.75, 3.05) is 13.2 Å². The van der Waals surface area contributed by atoms with Gasteiger partial charge in [0.05, 0.1) is 10.5 Å². The van der Waals surface area contributed by atoms with Gasteiger partial charge in [-0.25, -0.2) is 13.1 Å². The zero-order valence-electron chi connectivity index (χ0n) is 9.96. The lowest BCUT2D eigenvalue weighted by molar-refractivity contribution is 0.283. The number of aliphatic hydroxyl groups is 1. The second-order valence-corrected chi connectivity index (χ2v) is 5.53. The summed E-state index contributed by atoms with van der Waals surface area (Å²) in [6.45, 7) is 0.423. The van der Waals surface area contributed by atoms with E-state index in [1.165, 1.54) is 12.1 Å². The Morgan fingerprint density at radius 1 is 1.22 bits per heavy atom. The van der Waals surface area contributed by atoms with E-state index in [1.807, 2.05) is 6.07 Å². The minimum atomic E-state index is -3.63. The SMILES string of the molecule is N#Cc1ccccc1S(=O)(=O)NCCCCCO. The van der Waals surface area contributed by atoms with Crippen molar-refractivity contribution in [1.82, 2.24) is 4.72 Å². The second-order valence-electron chi connectivity index (χ2n) is 3.79. The highest BCUT2D eigenvalue weighted by Crippen LogP contribution is 2.13. The molecule has 0 unspecified atom stereocenters. The Hall–Kier alpha value is -1.42. The topological polar surface area (TPSA) is 90.2 Å². The first-order valence-electron chi connectivity index (χ1n) is 5.71. The number of nitriles is 1. The summed E-state index contributed by atoms with van der Waals surface area (Å²) in [5.41, 5.74) is 0.139. The number of aliphatic hydroxyl groups excluding tert-OH is 1. The van der Waals surface area contributed by atoms with Crippen molar-refractivity contribution in [2.24, 2.45) is 0 Å². The Labute approximate surface area is 107 Å². The fourth-order valence-corrected chi connectivity index (χ4v) is 2.72. The van der Waals surface area contributed by atoms with Crippen molar-refractivity contribution in [3.8, 4) is 6.07 Å². The molecule has 6 heteroatoms. The first kappa shape index (κ1) is 14.6. The van der Waals surface area contributed by atoms with Crippen molar-refractivity contribution in [3.05, 3.63) is 29.8 Å². The lowest BCUT2D eigenvalue weighted by Gasteiger charge is -2.07. The molecule has 0 radical (unpaired) electrons. The molecule has 0 aliphatic carbocycles. The van der Waals surface area contributed by atoms with Gasteiger partial charge in [0, 0.05) is 13.2 Å². The molecule has 0 atom stereocenters. The van der Waals surface area contributed by atoms with Crippen LogP contribution in [0, 0.1) is 11.3 Å². The fourth-order valence-electron chi connectivity index (χ4n) is 1.49. The van der Waals surface area contributed by atoms with Crippen LogP contribution in [0.4, 0.5) is 0 Å². The summed E-state index contributed by atoms with van der Waals surface area (Å²) in [6, 6.07) is 7.95. The van der Waals surface area contributed by atoms with Crippen molar-refractivity contribution in [2.45, 2.75) is 24.2 Å².